The molecule has 0 aliphatic rings. The summed E-state index contributed by atoms with van der Waals surface area (Å²) in [6.07, 6.45) is 0. The average molecular weight is 337 g/mol. The van der Waals surface area contributed by atoms with E-state index in [1.165, 1.54) is 6.92 Å². The van der Waals surface area contributed by atoms with Crippen LogP contribution in [0.3, 0.4) is 0 Å². The van der Waals surface area contributed by atoms with Gasteiger partial charge < -0.3 is 15.7 Å². The SMILES string of the molecule is CC(CO)NC(=O)C(=O)Nc1c(F)cc(Br)cc1F. The summed E-state index contributed by atoms with van der Waals surface area (Å²) < 4.78 is 27.0. The molecule has 0 radical (unpaired) electrons. The molecule has 0 aromatic heterocycles. The molecule has 0 aliphatic heterocycles. The Labute approximate surface area is 116 Å². The third-order valence-electron chi connectivity index (χ3n) is 2.10. The highest BCUT2D eigenvalue weighted by Crippen LogP contribution is 2.23. The molecule has 0 saturated heterocycles. The first-order valence-corrected chi connectivity index (χ1v) is 6.01. The Kier molecular flexibility index (Phi) is 5.37. The summed E-state index contributed by atoms with van der Waals surface area (Å²) in [5.74, 6) is -4.34. The number of nitrogens with one attached hydrogen (secondary N) is 2. The van der Waals surface area contributed by atoms with Gasteiger partial charge in [0.1, 0.15) is 5.69 Å². The minimum absolute atomic E-state index is 0.166. The van der Waals surface area contributed by atoms with Crippen LogP contribution in [0.5, 0.6) is 0 Å². The number of aliphatic hydroxyl groups is 1. The highest BCUT2D eigenvalue weighted by molar-refractivity contribution is 9.10. The van der Waals surface area contributed by atoms with Gasteiger partial charge in [-0.15, -0.1) is 0 Å². The lowest BCUT2D eigenvalue weighted by Crippen LogP contribution is -2.42. The predicted molar refractivity (Wildman–Crippen MR) is 67.4 cm³/mol. The predicted octanol–water partition coefficient (Wildman–Crippen LogP) is 1.16. The summed E-state index contributed by atoms with van der Waals surface area (Å²) in [5.41, 5.74) is -0.708. The van der Waals surface area contributed by atoms with Crippen molar-refractivity contribution in [1.82, 2.24) is 5.32 Å². The molecule has 0 aliphatic carbocycles. The van der Waals surface area contributed by atoms with Crippen molar-refractivity contribution >= 4 is 33.4 Å². The van der Waals surface area contributed by atoms with Gasteiger partial charge in [-0.05, 0) is 19.1 Å². The summed E-state index contributed by atoms with van der Waals surface area (Å²) in [5, 5.41) is 12.7. The molecule has 0 saturated carbocycles. The fourth-order valence-corrected chi connectivity index (χ4v) is 1.57. The lowest BCUT2D eigenvalue weighted by Gasteiger charge is -2.11. The zero-order chi connectivity index (χ0) is 14.6. The molecule has 2 amide bonds. The zero-order valence-electron chi connectivity index (χ0n) is 9.84. The van der Waals surface area contributed by atoms with Gasteiger partial charge in [0.2, 0.25) is 0 Å². The molecule has 1 aromatic rings. The lowest BCUT2D eigenvalue weighted by atomic mass is 10.3. The van der Waals surface area contributed by atoms with Crippen molar-refractivity contribution in [1.29, 1.82) is 0 Å². The third-order valence-corrected chi connectivity index (χ3v) is 2.56. The summed E-state index contributed by atoms with van der Waals surface area (Å²) in [7, 11) is 0. The minimum Gasteiger partial charge on any atom is -0.394 e. The second-order valence-electron chi connectivity index (χ2n) is 3.76. The Balaban J connectivity index is 2.80. The van der Waals surface area contributed by atoms with Gasteiger partial charge in [-0.1, -0.05) is 15.9 Å². The second-order valence-corrected chi connectivity index (χ2v) is 4.67. The van der Waals surface area contributed by atoms with Crippen molar-refractivity contribution in [2.75, 3.05) is 11.9 Å². The van der Waals surface area contributed by atoms with Gasteiger partial charge in [0.05, 0.1) is 6.61 Å². The van der Waals surface area contributed by atoms with Crippen LogP contribution in [0.2, 0.25) is 0 Å². The van der Waals surface area contributed by atoms with Crippen LogP contribution >= 0.6 is 15.9 Å². The number of rotatable bonds is 3. The number of anilines is 1. The number of halogens is 3. The molecule has 1 atom stereocenters. The number of hydrogen-bond acceptors (Lipinski definition) is 3. The van der Waals surface area contributed by atoms with Gasteiger partial charge in [-0.3, -0.25) is 9.59 Å². The van der Waals surface area contributed by atoms with E-state index in [1.54, 1.807) is 0 Å². The number of aliphatic hydroxyl groups excluding tert-OH is 1. The monoisotopic (exact) mass is 336 g/mol. The Morgan fingerprint density at radius 3 is 2.32 bits per heavy atom. The second kappa shape index (κ2) is 6.58. The van der Waals surface area contributed by atoms with Crippen LogP contribution in [-0.2, 0) is 9.59 Å². The average Bonchev–Trinajstić information content (AvgIpc) is 2.32. The van der Waals surface area contributed by atoms with Crippen LogP contribution < -0.4 is 10.6 Å². The summed E-state index contributed by atoms with van der Waals surface area (Å²) >= 11 is 2.88. The van der Waals surface area contributed by atoms with Crippen LogP contribution in [0.4, 0.5) is 14.5 Å². The van der Waals surface area contributed by atoms with Gasteiger partial charge >= 0.3 is 11.8 Å². The van der Waals surface area contributed by atoms with Crippen LogP contribution in [-0.4, -0.2) is 29.6 Å². The lowest BCUT2D eigenvalue weighted by molar-refractivity contribution is -0.136. The topological polar surface area (TPSA) is 78.4 Å². The van der Waals surface area contributed by atoms with Gasteiger partial charge in [-0.25, -0.2) is 8.78 Å². The number of carbonyl (C=O) groups is 2. The molecule has 1 aromatic carbocycles. The van der Waals surface area contributed by atoms with E-state index in [1.807, 2.05) is 5.32 Å². The minimum atomic E-state index is -1.22. The largest absolute Gasteiger partial charge is 0.394 e. The quantitative estimate of drug-likeness (QED) is 0.725. The Morgan fingerprint density at radius 1 is 1.32 bits per heavy atom. The molecular weight excluding hydrogens is 326 g/mol. The maximum atomic E-state index is 13.4. The standard InChI is InChI=1S/C11H11BrF2N2O3/c1-5(4-17)15-10(18)11(19)16-9-7(13)2-6(12)3-8(9)14/h2-3,5,17H,4H2,1H3,(H,15,18)(H,16,19). The fraction of sp³-hybridized carbons (Fsp3) is 0.273. The molecular formula is C11H11BrF2N2O3. The molecule has 104 valence electrons. The van der Waals surface area contributed by atoms with Crippen LogP contribution in [0.25, 0.3) is 0 Å². The van der Waals surface area contributed by atoms with E-state index in [2.05, 4.69) is 21.2 Å². The first kappa shape index (κ1) is 15.5. The normalized spacial score (nSPS) is 11.8. The van der Waals surface area contributed by atoms with Crippen molar-refractivity contribution in [2.24, 2.45) is 0 Å². The van der Waals surface area contributed by atoms with E-state index in [4.69, 9.17) is 5.11 Å². The Morgan fingerprint density at radius 2 is 1.84 bits per heavy atom. The van der Waals surface area contributed by atoms with Gasteiger partial charge in [0.15, 0.2) is 11.6 Å². The first-order chi connectivity index (χ1) is 8.85. The van der Waals surface area contributed by atoms with E-state index in [9.17, 15) is 18.4 Å². The van der Waals surface area contributed by atoms with E-state index >= 15 is 0 Å². The van der Waals surface area contributed by atoms with E-state index in [0.29, 0.717) is 0 Å². The molecule has 0 heterocycles. The maximum absolute atomic E-state index is 13.4. The van der Waals surface area contributed by atoms with E-state index in [0.717, 1.165) is 12.1 Å². The van der Waals surface area contributed by atoms with Crippen molar-refractivity contribution in [2.45, 2.75) is 13.0 Å². The van der Waals surface area contributed by atoms with Crippen molar-refractivity contribution in [3.8, 4) is 0 Å². The fourth-order valence-electron chi connectivity index (χ4n) is 1.17. The highest BCUT2D eigenvalue weighted by atomic mass is 79.9. The van der Waals surface area contributed by atoms with Crippen LogP contribution in [0.15, 0.2) is 16.6 Å². The van der Waals surface area contributed by atoms with Crippen LogP contribution in [0, 0.1) is 11.6 Å². The van der Waals surface area contributed by atoms with E-state index < -0.39 is 35.2 Å². The van der Waals surface area contributed by atoms with Crippen molar-refractivity contribution in [3.63, 3.8) is 0 Å². The molecule has 19 heavy (non-hydrogen) atoms. The zero-order valence-corrected chi connectivity index (χ0v) is 11.4. The smallest absolute Gasteiger partial charge is 0.313 e. The first-order valence-electron chi connectivity index (χ1n) is 5.22. The van der Waals surface area contributed by atoms with Gasteiger partial charge in [0, 0.05) is 10.5 Å². The molecule has 3 N–H and O–H groups in total. The number of amides is 2. The number of carbonyl (C=O) groups excluding carboxylic acids is 2. The summed E-state index contributed by atoms with van der Waals surface area (Å²) in [6.45, 7) is 1.10. The number of benzene rings is 1. The van der Waals surface area contributed by atoms with Gasteiger partial charge in [0.25, 0.3) is 0 Å². The molecule has 1 unspecified atom stereocenters. The molecule has 8 heteroatoms. The third kappa shape index (κ3) is 4.25. The highest BCUT2D eigenvalue weighted by Gasteiger charge is 2.20. The molecule has 1 rings (SSSR count). The summed E-state index contributed by atoms with van der Waals surface area (Å²) in [4.78, 5) is 22.7. The van der Waals surface area contributed by atoms with Crippen molar-refractivity contribution in [3.05, 3.63) is 28.2 Å². The number of hydrogen-bond donors (Lipinski definition) is 3. The van der Waals surface area contributed by atoms with Crippen molar-refractivity contribution < 1.29 is 23.5 Å². The molecule has 5 nitrogen and oxygen atoms in total. The van der Waals surface area contributed by atoms with Crippen LogP contribution in [0.1, 0.15) is 6.92 Å². The Bertz CT molecular complexity index is 488. The summed E-state index contributed by atoms with van der Waals surface area (Å²) in [6, 6.07) is 1.26. The molecule has 0 fully saturated rings. The Hall–Kier alpha value is -1.54. The molecule has 0 spiro atoms. The van der Waals surface area contributed by atoms with Gasteiger partial charge in [-0.2, -0.15) is 0 Å². The maximum Gasteiger partial charge on any atom is 0.313 e. The molecule has 0 bridgehead atoms. The van der Waals surface area contributed by atoms with E-state index in [-0.39, 0.29) is 11.1 Å².